The first-order valence-electron chi connectivity index (χ1n) is 6.41. The molecule has 0 atom stereocenters. The predicted octanol–water partition coefficient (Wildman–Crippen LogP) is -0.525. The highest BCUT2D eigenvalue weighted by atomic mass is 35.5. The number of likely N-dealkylation sites (N-methyl/N-ethyl adjacent to an activating group) is 1. The summed E-state index contributed by atoms with van der Waals surface area (Å²) in [6.45, 7) is 3.16. The zero-order valence-electron chi connectivity index (χ0n) is 12.5. The van der Waals surface area contributed by atoms with Gasteiger partial charge in [-0.05, 0) is 20.5 Å². The molecule has 21 heavy (non-hydrogen) atoms. The SMILES string of the molecule is CCCn1c(N)c(N(C=O)CCN(C)C)c(=O)[nH]c1=O.Cl. The van der Waals surface area contributed by atoms with Gasteiger partial charge in [-0.15, -0.1) is 12.4 Å². The zero-order chi connectivity index (χ0) is 15.3. The van der Waals surface area contributed by atoms with E-state index in [1.165, 1.54) is 9.47 Å². The van der Waals surface area contributed by atoms with E-state index in [9.17, 15) is 14.4 Å². The Morgan fingerprint density at radius 1 is 1.29 bits per heavy atom. The molecule has 0 saturated heterocycles. The topological polar surface area (TPSA) is 104 Å². The number of aromatic nitrogens is 2. The summed E-state index contributed by atoms with van der Waals surface area (Å²) in [7, 11) is 3.71. The third kappa shape index (κ3) is 4.61. The van der Waals surface area contributed by atoms with E-state index in [-0.39, 0.29) is 23.9 Å². The van der Waals surface area contributed by atoms with Crippen molar-refractivity contribution in [1.82, 2.24) is 14.5 Å². The van der Waals surface area contributed by atoms with Gasteiger partial charge in [0, 0.05) is 19.6 Å². The maximum Gasteiger partial charge on any atom is 0.330 e. The van der Waals surface area contributed by atoms with E-state index in [4.69, 9.17) is 5.73 Å². The lowest BCUT2D eigenvalue weighted by Crippen LogP contribution is -2.40. The van der Waals surface area contributed by atoms with E-state index in [0.29, 0.717) is 32.5 Å². The van der Waals surface area contributed by atoms with Gasteiger partial charge in [-0.3, -0.25) is 19.1 Å². The Hall–Kier alpha value is -1.80. The molecule has 0 aliphatic heterocycles. The van der Waals surface area contributed by atoms with Crippen LogP contribution in [0.5, 0.6) is 0 Å². The van der Waals surface area contributed by atoms with E-state index in [1.54, 1.807) is 0 Å². The molecular weight excluding hydrogens is 298 g/mol. The van der Waals surface area contributed by atoms with Crippen LogP contribution in [-0.2, 0) is 11.3 Å². The fourth-order valence-corrected chi connectivity index (χ4v) is 1.83. The number of rotatable bonds is 7. The van der Waals surface area contributed by atoms with Gasteiger partial charge in [0.15, 0.2) is 5.69 Å². The molecule has 9 heteroatoms. The van der Waals surface area contributed by atoms with Crippen LogP contribution < -0.4 is 21.9 Å². The number of hydrogen-bond donors (Lipinski definition) is 2. The van der Waals surface area contributed by atoms with E-state index in [1.807, 2.05) is 25.9 Å². The van der Waals surface area contributed by atoms with Crippen molar-refractivity contribution in [2.75, 3.05) is 37.8 Å². The molecule has 0 aliphatic rings. The Balaban J connectivity index is 0.00000400. The molecule has 0 radical (unpaired) electrons. The predicted molar refractivity (Wildman–Crippen MR) is 85.2 cm³/mol. The number of nitrogen functional groups attached to an aromatic ring is 1. The highest BCUT2D eigenvalue weighted by Gasteiger charge is 2.18. The third-order valence-electron chi connectivity index (χ3n) is 2.86. The molecule has 1 amide bonds. The van der Waals surface area contributed by atoms with Crippen molar-refractivity contribution < 1.29 is 4.79 Å². The van der Waals surface area contributed by atoms with Crippen LogP contribution in [0.2, 0.25) is 0 Å². The maximum absolute atomic E-state index is 11.9. The molecule has 8 nitrogen and oxygen atoms in total. The molecule has 1 rings (SSSR count). The normalized spacial score (nSPS) is 10.3. The third-order valence-corrected chi connectivity index (χ3v) is 2.86. The quantitative estimate of drug-likeness (QED) is 0.658. The molecule has 0 unspecified atom stereocenters. The van der Waals surface area contributed by atoms with Crippen LogP contribution in [0.3, 0.4) is 0 Å². The van der Waals surface area contributed by atoms with E-state index in [2.05, 4.69) is 4.98 Å². The summed E-state index contributed by atoms with van der Waals surface area (Å²) in [5.74, 6) is 0.0199. The molecule has 0 bridgehead atoms. The minimum absolute atomic E-state index is 0. The van der Waals surface area contributed by atoms with Gasteiger partial charge in [-0.2, -0.15) is 0 Å². The fourth-order valence-electron chi connectivity index (χ4n) is 1.83. The molecule has 1 aromatic heterocycles. The van der Waals surface area contributed by atoms with Gasteiger partial charge < -0.3 is 15.5 Å². The van der Waals surface area contributed by atoms with E-state index >= 15 is 0 Å². The van der Waals surface area contributed by atoms with E-state index < -0.39 is 11.2 Å². The lowest BCUT2D eigenvalue weighted by Gasteiger charge is -2.21. The largest absolute Gasteiger partial charge is 0.383 e. The Labute approximate surface area is 128 Å². The molecule has 120 valence electrons. The van der Waals surface area contributed by atoms with Crippen LogP contribution in [0.25, 0.3) is 0 Å². The smallest absolute Gasteiger partial charge is 0.330 e. The van der Waals surface area contributed by atoms with Gasteiger partial charge in [0.05, 0.1) is 0 Å². The average molecular weight is 320 g/mol. The number of carbonyl (C=O) groups excluding carboxylic acids is 1. The lowest BCUT2D eigenvalue weighted by molar-refractivity contribution is -0.107. The molecule has 1 aromatic rings. The Bertz CT molecular complexity index is 581. The van der Waals surface area contributed by atoms with Gasteiger partial charge in [0.1, 0.15) is 5.82 Å². The minimum Gasteiger partial charge on any atom is -0.383 e. The summed E-state index contributed by atoms with van der Waals surface area (Å²) in [6.07, 6.45) is 1.24. The van der Waals surface area contributed by atoms with Gasteiger partial charge in [0.2, 0.25) is 6.41 Å². The van der Waals surface area contributed by atoms with Crippen molar-refractivity contribution >= 4 is 30.3 Å². The van der Waals surface area contributed by atoms with Crippen LogP contribution in [-0.4, -0.2) is 48.0 Å². The van der Waals surface area contributed by atoms with Crippen molar-refractivity contribution in [3.8, 4) is 0 Å². The molecule has 1 heterocycles. The first kappa shape index (κ1) is 19.2. The summed E-state index contributed by atoms with van der Waals surface area (Å²) in [6, 6.07) is 0. The van der Waals surface area contributed by atoms with Crippen molar-refractivity contribution in [3.63, 3.8) is 0 Å². The molecule has 0 fully saturated rings. The first-order chi connectivity index (χ1) is 9.42. The lowest BCUT2D eigenvalue weighted by atomic mass is 10.3. The number of amides is 1. The second-order valence-electron chi connectivity index (χ2n) is 4.75. The Kier molecular flexibility index (Phi) is 7.75. The molecule has 0 saturated carbocycles. The Morgan fingerprint density at radius 3 is 2.38 bits per heavy atom. The monoisotopic (exact) mass is 319 g/mol. The second-order valence-corrected chi connectivity index (χ2v) is 4.75. The molecule has 0 spiro atoms. The van der Waals surface area contributed by atoms with Gasteiger partial charge in [0.25, 0.3) is 5.56 Å². The number of carbonyl (C=O) groups is 1. The van der Waals surface area contributed by atoms with Crippen LogP contribution >= 0.6 is 12.4 Å². The summed E-state index contributed by atoms with van der Waals surface area (Å²) < 4.78 is 1.27. The van der Waals surface area contributed by atoms with Crippen LogP contribution in [0.15, 0.2) is 9.59 Å². The van der Waals surface area contributed by atoms with Crippen molar-refractivity contribution in [2.24, 2.45) is 0 Å². The van der Waals surface area contributed by atoms with Crippen LogP contribution in [0, 0.1) is 0 Å². The van der Waals surface area contributed by atoms with Crippen molar-refractivity contribution in [1.29, 1.82) is 0 Å². The number of anilines is 2. The summed E-state index contributed by atoms with van der Waals surface area (Å²) in [5.41, 5.74) is 4.70. The second kappa shape index (κ2) is 8.48. The number of nitrogens with one attached hydrogen (secondary N) is 1. The molecule has 3 N–H and O–H groups in total. The summed E-state index contributed by atoms with van der Waals surface area (Å²) in [5, 5.41) is 0. The van der Waals surface area contributed by atoms with Crippen molar-refractivity contribution in [3.05, 3.63) is 20.8 Å². The number of nitrogens with zero attached hydrogens (tertiary/aromatic N) is 3. The van der Waals surface area contributed by atoms with Crippen LogP contribution in [0.4, 0.5) is 11.5 Å². The van der Waals surface area contributed by atoms with Crippen molar-refractivity contribution in [2.45, 2.75) is 19.9 Å². The number of hydrogen-bond acceptors (Lipinski definition) is 5. The van der Waals surface area contributed by atoms with Gasteiger partial charge in [-0.25, -0.2) is 4.79 Å². The number of halogens is 1. The fraction of sp³-hybridized carbons (Fsp3) is 0.583. The Morgan fingerprint density at radius 2 is 1.90 bits per heavy atom. The average Bonchev–Trinajstić information content (AvgIpc) is 2.37. The summed E-state index contributed by atoms with van der Waals surface area (Å²) in [4.78, 5) is 40.1. The minimum atomic E-state index is -0.647. The number of H-pyrrole nitrogens is 1. The summed E-state index contributed by atoms with van der Waals surface area (Å²) >= 11 is 0. The van der Waals surface area contributed by atoms with E-state index in [0.717, 1.165) is 0 Å². The zero-order valence-corrected chi connectivity index (χ0v) is 13.3. The highest BCUT2D eigenvalue weighted by Crippen LogP contribution is 2.14. The molecular formula is C12H22ClN5O3. The highest BCUT2D eigenvalue weighted by molar-refractivity contribution is 5.85. The van der Waals surface area contributed by atoms with Crippen LogP contribution in [0.1, 0.15) is 13.3 Å². The molecule has 0 aliphatic carbocycles. The number of aromatic amines is 1. The molecule has 0 aromatic carbocycles. The van der Waals surface area contributed by atoms with Gasteiger partial charge >= 0.3 is 5.69 Å². The van der Waals surface area contributed by atoms with Gasteiger partial charge in [-0.1, -0.05) is 6.92 Å². The number of nitrogens with two attached hydrogens (primary N) is 1. The maximum atomic E-state index is 11.9. The standard InChI is InChI=1S/C12H21N5O3.ClH/c1-4-5-17-10(13)9(11(19)14-12(17)20)16(8-18)7-6-15(2)3;/h8H,4-7,13H2,1-3H3,(H,14,19,20);1H. The first-order valence-corrected chi connectivity index (χ1v) is 6.41.